The number of carbonyl (C=O) groups excluding carboxylic acids is 1. The summed E-state index contributed by atoms with van der Waals surface area (Å²) in [4.78, 5) is 13.6. The van der Waals surface area contributed by atoms with Gasteiger partial charge in [0, 0.05) is 31.1 Å². The van der Waals surface area contributed by atoms with E-state index >= 15 is 0 Å². The zero-order chi connectivity index (χ0) is 17.9. The van der Waals surface area contributed by atoms with Crippen LogP contribution in [0.15, 0.2) is 17.5 Å². The summed E-state index contributed by atoms with van der Waals surface area (Å²) in [6.45, 7) is 4.68. The molecule has 25 heavy (non-hydrogen) atoms. The average Bonchev–Trinajstić information content (AvgIpc) is 3.14. The Kier molecular flexibility index (Phi) is 6.14. The average molecular weight is 386 g/mol. The maximum atomic E-state index is 12.9. The highest BCUT2D eigenvalue weighted by molar-refractivity contribution is 7.86. The number of rotatable bonds is 5. The predicted molar refractivity (Wildman–Crippen MR) is 99.4 cm³/mol. The van der Waals surface area contributed by atoms with Crippen LogP contribution >= 0.6 is 11.3 Å². The van der Waals surface area contributed by atoms with E-state index in [4.69, 9.17) is 0 Å². The predicted octanol–water partition coefficient (Wildman–Crippen LogP) is 2.05. The van der Waals surface area contributed by atoms with E-state index in [2.05, 4.69) is 12.2 Å². The van der Waals surface area contributed by atoms with Gasteiger partial charge in [-0.2, -0.15) is 17.0 Å². The quantitative estimate of drug-likeness (QED) is 0.843. The molecule has 1 unspecified atom stereocenters. The van der Waals surface area contributed by atoms with E-state index in [1.165, 1.54) is 4.31 Å². The summed E-state index contributed by atoms with van der Waals surface area (Å²) in [5.74, 6) is 0.288. The van der Waals surface area contributed by atoms with Gasteiger partial charge in [0.25, 0.3) is 10.2 Å². The van der Waals surface area contributed by atoms with Crippen LogP contribution in [0.4, 0.5) is 0 Å². The number of thiophene rings is 1. The summed E-state index contributed by atoms with van der Waals surface area (Å²) >= 11 is 1.61. The summed E-state index contributed by atoms with van der Waals surface area (Å²) in [6.07, 6.45) is 3.31. The molecule has 0 saturated carbocycles. The molecule has 8 heteroatoms. The van der Waals surface area contributed by atoms with Crippen LogP contribution in [0.25, 0.3) is 0 Å². The molecule has 1 aromatic heterocycles. The van der Waals surface area contributed by atoms with E-state index in [0.29, 0.717) is 38.6 Å². The molecule has 1 aromatic rings. The van der Waals surface area contributed by atoms with Gasteiger partial charge in [0.1, 0.15) is 0 Å². The molecule has 1 N–H and O–H groups in total. The Morgan fingerprint density at radius 2 is 2.00 bits per heavy atom. The number of hydrogen-bond acceptors (Lipinski definition) is 4. The Morgan fingerprint density at radius 1 is 1.24 bits per heavy atom. The fourth-order valence-corrected chi connectivity index (χ4v) is 5.85. The van der Waals surface area contributed by atoms with Gasteiger partial charge < -0.3 is 5.32 Å². The number of piperidine rings is 2. The van der Waals surface area contributed by atoms with E-state index in [-0.39, 0.29) is 11.8 Å². The van der Waals surface area contributed by atoms with E-state index < -0.39 is 10.2 Å². The summed E-state index contributed by atoms with van der Waals surface area (Å²) in [7, 11) is -3.44. The maximum Gasteiger partial charge on any atom is 0.281 e. The molecular formula is C17H27N3O3S2. The smallest absolute Gasteiger partial charge is 0.281 e. The van der Waals surface area contributed by atoms with Gasteiger partial charge in [-0.3, -0.25) is 4.79 Å². The summed E-state index contributed by atoms with van der Waals surface area (Å²) in [6, 6.07) is 3.94. The van der Waals surface area contributed by atoms with Gasteiger partial charge in [0.05, 0.1) is 12.5 Å². The maximum absolute atomic E-state index is 12.9. The van der Waals surface area contributed by atoms with Crippen molar-refractivity contribution in [1.29, 1.82) is 0 Å². The van der Waals surface area contributed by atoms with Gasteiger partial charge in [0.15, 0.2) is 0 Å². The van der Waals surface area contributed by atoms with Crippen molar-refractivity contribution < 1.29 is 13.2 Å². The van der Waals surface area contributed by atoms with Crippen LogP contribution < -0.4 is 5.32 Å². The van der Waals surface area contributed by atoms with Gasteiger partial charge >= 0.3 is 0 Å². The highest BCUT2D eigenvalue weighted by atomic mass is 32.2. The molecule has 3 rings (SSSR count). The molecule has 0 aromatic carbocycles. The zero-order valence-corrected chi connectivity index (χ0v) is 16.3. The molecule has 1 amide bonds. The largest absolute Gasteiger partial charge is 0.351 e. The molecule has 0 bridgehead atoms. The molecule has 140 valence electrons. The van der Waals surface area contributed by atoms with Gasteiger partial charge in [-0.1, -0.05) is 13.0 Å². The van der Waals surface area contributed by atoms with Crippen LogP contribution in [0.1, 0.15) is 37.5 Å². The van der Waals surface area contributed by atoms with Crippen LogP contribution in [0.3, 0.4) is 0 Å². The fourth-order valence-electron chi connectivity index (χ4n) is 3.48. The molecule has 2 aliphatic rings. The second kappa shape index (κ2) is 8.16. The van der Waals surface area contributed by atoms with Crippen molar-refractivity contribution in [1.82, 2.24) is 13.9 Å². The molecular weight excluding hydrogens is 358 g/mol. The first-order valence-electron chi connectivity index (χ1n) is 9.02. The number of hydrogen-bond donors (Lipinski definition) is 1. The molecule has 1 atom stereocenters. The van der Waals surface area contributed by atoms with Crippen molar-refractivity contribution in [2.24, 2.45) is 11.8 Å². The van der Waals surface area contributed by atoms with Gasteiger partial charge in [-0.05, 0) is 43.0 Å². The Labute approximate surface area is 154 Å². The Morgan fingerprint density at radius 3 is 2.68 bits per heavy atom. The number of nitrogens with one attached hydrogen (secondary N) is 1. The zero-order valence-electron chi connectivity index (χ0n) is 14.7. The van der Waals surface area contributed by atoms with E-state index in [0.717, 1.165) is 30.6 Å². The van der Waals surface area contributed by atoms with Crippen LogP contribution in [0, 0.1) is 11.8 Å². The summed E-state index contributed by atoms with van der Waals surface area (Å²) < 4.78 is 28.9. The molecule has 2 aliphatic heterocycles. The third-order valence-corrected chi connectivity index (χ3v) is 8.05. The first-order valence-corrected chi connectivity index (χ1v) is 11.3. The molecule has 6 nitrogen and oxygen atoms in total. The monoisotopic (exact) mass is 385 g/mol. The molecule has 0 radical (unpaired) electrons. The minimum atomic E-state index is -3.44. The van der Waals surface area contributed by atoms with Crippen LogP contribution in [0.2, 0.25) is 0 Å². The van der Waals surface area contributed by atoms with Crippen LogP contribution in [-0.2, 0) is 21.5 Å². The number of amides is 1. The van der Waals surface area contributed by atoms with E-state index in [9.17, 15) is 13.2 Å². The summed E-state index contributed by atoms with van der Waals surface area (Å²) in [5, 5.41) is 4.93. The lowest BCUT2D eigenvalue weighted by Gasteiger charge is -2.37. The van der Waals surface area contributed by atoms with Crippen molar-refractivity contribution in [3.63, 3.8) is 0 Å². The van der Waals surface area contributed by atoms with Crippen molar-refractivity contribution >= 4 is 27.5 Å². The molecule has 2 saturated heterocycles. The molecule has 0 aliphatic carbocycles. The van der Waals surface area contributed by atoms with Crippen LogP contribution in [-0.4, -0.2) is 49.1 Å². The highest BCUT2D eigenvalue weighted by Gasteiger charge is 2.36. The normalized spacial score (nSPS) is 24.3. The van der Waals surface area contributed by atoms with E-state index in [1.54, 1.807) is 15.6 Å². The Hall–Kier alpha value is -0.960. The second-order valence-electron chi connectivity index (χ2n) is 7.08. The topological polar surface area (TPSA) is 69.7 Å². The Balaban J connectivity index is 1.57. The van der Waals surface area contributed by atoms with Gasteiger partial charge in [-0.25, -0.2) is 0 Å². The Bertz CT molecular complexity index is 667. The number of carbonyl (C=O) groups is 1. The van der Waals surface area contributed by atoms with Gasteiger partial charge in [0.2, 0.25) is 5.91 Å². The van der Waals surface area contributed by atoms with Crippen LogP contribution in [0.5, 0.6) is 0 Å². The first kappa shape index (κ1) is 18.8. The minimum Gasteiger partial charge on any atom is -0.351 e. The lowest BCUT2D eigenvalue weighted by Crippen LogP contribution is -2.52. The second-order valence-corrected chi connectivity index (χ2v) is 10.0. The van der Waals surface area contributed by atoms with E-state index in [1.807, 2.05) is 17.5 Å². The molecule has 3 heterocycles. The fraction of sp³-hybridized carbons (Fsp3) is 0.706. The third kappa shape index (κ3) is 4.61. The molecule has 2 fully saturated rings. The summed E-state index contributed by atoms with van der Waals surface area (Å²) in [5.41, 5.74) is 0. The third-order valence-electron chi connectivity index (χ3n) is 5.17. The van der Waals surface area contributed by atoms with Crippen molar-refractivity contribution in [2.75, 3.05) is 26.2 Å². The van der Waals surface area contributed by atoms with Crippen molar-refractivity contribution in [3.8, 4) is 0 Å². The lowest BCUT2D eigenvalue weighted by atomic mass is 9.99. The lowest BCUT2D eigenvalue weighted by molar-refractivity contribution is -0.126. The first-order chi connectivity index (χ1) is 12.0. The minimum absolute atomic E-state index is 0.0411. The number of nitrogens with zero attached hydrogens (tertiary/aromatic N) is 2. The molecule has 0 spiro atoms. The van der Waals surface area contributed by atoms with Crippen molar-refractivity contribution in [2.45, 2.75) is 39.2 Å². The van der Waals surface area contributed by atoms with Gasteiger partial charge in [-0.15, -0.1) is 11.3 Å². The highest BCUT2D eigenvalue weighted by Crippen LogP contribution is 2.25. The standard InChI is InChI=1S/C17H27N3O3S2/c1-14-6-9-19(10-7-14)25(22,23)20-8-2-4-15(13-20)17(21)18-12-16-5-3-11-24-16/h3,5,11,14-15H,2,4,6-10,12-13H2,1H3,(H,18,21). The van der Waals surface area contributed by atoms with Crippen molar-refractivity contribution in [3.05, 3.63) is 22.4 Å². The SMILES string of the molecule is CC1CCN(S(=O)(=O)N2CCCC(C(=O)NCc3cccs3)C2)CC1.